The first kappa shape index (κ1) is 26.6. The van der Waals surface area contributed by atoms with E-state index >= 15 is 0 Å². The molecule has 0 aliphatic carbocycles. The van der Waals surface area contributed by atoms with Crippen molar-refractivity contribution in [2.24, 2.45) is 0 Å². The monoisotopic (exact) mass is 466 g/mol. The van der Waals surface area contributed by atoms with Crippen molar-refractivity contribution in [3.8, 4) is 0 Å². The first-order valence-corrected chi connectivity index (χ1v) is 12.6. The van der Waals surface area contributed by atoms with Gasteiger partial charge in [0.1, 0.15) is 18.2 Å². The van der Waals surface area contributed by atoms with E-state index in [9.17, 15) is 13.9 Å². The Balaban J connectivity index is 2.98. The molecule has 0 aliphatic heterocycles. The summed E-state index contributed by atoms with van der Waals surface area (Å²) in [5.74, 6) is 0. The maximum absolute atomic E-state index is 12.6. The molecule has 0 spiro atoms. The second kappa shape index (κ2) is 11.3. The zero-order valence-corrected chi connectivity index (χ0v) is 20.3. The van der Waals surface area contributed by atoms with Crippen LogP contribution in [0.25, 0.3) is 0 Å². The molecule has 0 saturated carbocycles. The van der Waals surface area contributed by atoms with Gasteiger partial charge in [-0.3, -0.25) is 9.13 Å². The fraction of sp³-hybridized carbons (Fsp3) is 0.611. The van der Waals surface area contributed by atoms with Gasteiger partial charge in [-0.25, -0.2) is 4.79 Å². The summed E-state index contributed by atoms with van der Waals surface area (Å²) in [6.07, 6.45) is -0.839. The molecule has 1 amide bonds. The van der Waals surface area contributed by atoms with Crippen LogP contribution >= 0.6 is 15.2 Å². The molecule has 0 aliphatic rings. The number of ether oxygens (including phenoxy) is 1. The molecule has 0 bridgehead atoms. The summed E-state index contributed by atoms with van der Waals surface area (Å²) in [5, 5.41) is 2.67. The van der Waals surface area contributed by atoms with Gasteiger partial charge in [-0.15, -0.1) is 0 Å². The molecule has 30 heavy (non-hydrogen) atoms. The molecule has 0 aromatic heterocycles. The Hall–Kier alpha value is -1.41. The Morgan fingerprint density at radius 2 is 1.33 bits per heavy atom. The van der Waals surface area contributed by atoms with Crippen molar-refractivity contribution in [2.45, 2.75) is 32.9 Å². The maximum Gasteiger partial charge on any atom is 0.407 e. The highest BCUT2D eigenvalue weighted by Gasteiger charge is 2.32. The minimum Gasteiger partial charge on any atom is -0.444 e. The number of benzene rings is 1. The second-order valence-electron chi connectivity index (χ2n) is 7.30. The molecule has 0 unspecified atom stereocenters. The third kappa shape index (κ3) is 8.76. The molecule has 0 fully saturated rings. The molecule has 172 valence electrons. The minimum atomic E-state index is -3.45. The van der Waals surface area contributed by atoms with Gasteiger partial charge in [-0.05, 0) is 38.5 Å². The zero-order valence-electron chi connectivity index (χ0n) is 18.5. The summed E-state index contributed by atoms with van der Waals surface area (Å²) in [7, 11) is -1.78. The van der Waals surface area contributed by atoms with Crippen molar-refractivity contribution < 1.29 is 36.8 Å². The molecule has 12 heteroatoms. The van der Waals surface area contributed by atoms with Crippen LogP contribution in [0, 0.1) is 0 Å². The van der Waals surface area contributed by atoms with Crippen molar-refractivity contribution in [2.75, 3.05) is 45.9 Å². The molecule has 10 nitrogen and oxygen atoms in total. The largest absolute Gasteiger partial charge is 0.444 e. The number of nitrogens with zero attached hydrogens (tertiary/aromatic N) is 1. The SMILES string of the molecule is COP(=O)(CN(CP(=O)(OC)OC)c1ccc(CNC(=O)OC(C)(C)C)cc1)OC. The van der Waals surface area contributed by atoms with E-state index in [0.29, 0.717) is 5.69 Å². The predicted octanol–water partition coefficient (Wildman–Crippen LogP) is 4.40. The third-order valence-corrected chi connectivity index (χ3v) is 7.54. The lowest BCUT2D eigenvalue weighted by molar-refractivity contribution is 0.0523. The van der Waals surface area contributed by atoms with Gasteiger partial charge in [-0.1, -0.05) is 12.1 Å². The van der Waals surface area contributed by atoms with E-state index in [4.69, 9.17) is 22.8 Å². The topological polar surface area (TPSA) is 113 Å². The van der Waals surface area contributed by atoms with Crippen LogP contribution in [0.5, 0.6) is 0 Å². The maximum atomic E-state index is 12.6. The van der Waals surface area contributed by atoms with Gasteiger partial charge >= 0.3 is 21.3 Å². The Labute approximate surface area is 178 Å². The Morgan fingerprint density at radius 3 is 1.70 bits per heavy atom. The van der Waals surface area contributed by atoms with Crippen LogP contribution in [0.1, 0.15) is 26.3 Å². The van der Waals surface area contributed by atoms with E-state index in [2.05, 4.69) is 5.32 Å². The number of amides is 1. The highest BCUT2D eigenvalue weighted by molar-refractivity contribution is 7.55. The lowest BCUT2D eigenvalue weighted by Crippen LogP contribution is -2.32. The van der Waals surface area contributed by atoms with Crippen molar-refractivity contribution in [3.63, 3.8) is 0 Å². The molecule has 0 radical (unpaired) electrons. The van der Waals surface area contributed by atoms with Gasteiger partial charge < -0.3 is 33.0 Å². The fourth-order valence-corrected chi connectivity index (χ4v) is 4.60. The van der Waals surface area contributed by atoms with E-state index < -0.39 is 26.9 Å². The Morgan fingerprint density at radius 1 is 0.900 bits per heavy atom. The Bertz CT molecular complexity index is 735. The number of hydrogen-bond acceptors (Lipinski definition) is 9. The lowest BCUT2D eigenvalue weighted by Gasteiger charge is -2.29. The first-order chi connectivity index (χ1) is 13.9. The van der Waals surface area contributed by atoms with Crippen molar-refractivity contribution in [1.82, 2.24) is 5.32 Å². The average molecular weight is 466 g/mol. The third-order valence-electron chi connectivity index (χ3n) is 3.94. The number of nitrogens with one attached hydrogen (secondary N) is 1. The number of carbonyl (C=O) groups is 1. The molecule has 0 heterocycles. The molecular weight excluding hydrogens is 434 g/mol. The second-order valence-corrected chi connectivity index (χ2v) is 11.8. The van der Waals surface area contributed by atoms with E-state index in [1.807, 2.05) is 0 Å². The van der Waals surface area contributed by atoms with Crippen LogP contribution in [0.4, 0.5) is 10.5 Å². The average Bonchev–Trinajstić information content (AvgIpc) is 2.70. The number of alkyl carbamates (subject to hydrolysis) is 1. The van der Waals surface area contributed by atoms with Gasteiger partial charge in [-0.2, -0.15) is 0 Å². The first-order valence-electron chi connectivity index (χ1n) is 9.11. The summed E-state index contributed by atoms with van der Waals surface area (Å²) in [6.45, 7) is 5.62. The van der Waals surface area contributed by atoms with Crippen LogP contribution in [0.3, 0.4) is 0 Å². The fourth-order valence-electron chi connectivity index (χ4n) is 2.32. The minimum absolute atomic E-state index is 0.161. The van der Waals surface area contributed by atoms with Gasteiger partial charge in [0, 0.05) is 40.7 Å². The normalized spacial score (nSPS) is 12.5. The highest BCUT2D eigenvalue weighted by Crippen LogP contribution is 2.52. The van der Waals surface area contributed by atoms with Gasteiger partial charge in [0.2, 0.25) is 0 Å². The smallest absolute Gasteiger partial charge is 0.407 e. The summed E-state index contributed by atoms with van der Waals surface area (Å²) in [4.78, 5) is 13.3. The highest BCUT2D eigenvalue weighted by atomic mass is 31.2. The predicted molar refractivity (Wildman–Crippen MR) is 115 cm³/mol. The summed E-state index contributed by atoms with van der Waals surface area (Å²) < 4.78 is 50.5. The standard InChI is InChI=1S/C18H32N2O8P2/c1-18(2,3)28-17(21)19-12-15-8-10-16(11-9-15)20(13-29(22,24-4)25-5)14-30(23,26-6)27-7/h8-11H,12-14H2,1-7H3,(H,19,21). The van der Waals surface area contributed by atoms with E-state index in [-0.39, 0.29) is 19.1 Å². The number of rotatable bonds is 11. The van der Waals surface area contributed by atoms with Crippen LogP contribution in [-0.2, 0) is 38.5 Å². The zero-order chi connectivity index (χ0) is 23.0. The van der Waals surface area contributed by atoms with E-state index in [0.717, 1.165) is 5.56 Å². The molecular formula is C18H32N2O8P2. The summed E-state index contributed by atoms with van der Waals surface area (Å²) in [5.41, 5.74) is 0.828. The molecule has 1 aromatic carbocycles. The summed E-state index contributed by atoms with van der Waals surface area (Å²) >= 11 is 0. The van der Waals surface area contributed by atoms with Crippen LogP contribution < -0.4 is 10.2 Å². The lowest BCUT2D eigenvalue weighted by atomic mass is 10.2. The van der Waals surface area contributed by atoms with E-state index in [1.165, 1.54) is 28.4 Å². The van der Waals surface area contributed by atoms with Crippen molar-refractivity contribution in [3.05, 3.63) is 29.8 Å². The van der Waals surface area contributed by atoms with Crippen molar-refractivity contribution in [1.29, 1.82) is 0 Å². The molecule has 0 atom stereocenters. The van der Waals surface area contributed by atoms with Crippen LogP contribution in [0.15, 0.2) is 24.3 Å². The number of carbonyl (C=O) groups excluding carboxylic acids is 1. The van der Waals surface area contributed by atoms with Gasteiger partial charge in [0.25, 0.3) is 0 Å². The molecule has 1 rings (SSSR count). The van der Waals surface area contributed by atoms with E-state index in [1.54, 1.807) is 49.9 Å². The Kier molecular flexibility index (Phi) is 10.0. The summed E-state index contributed by atoms with van der Waals surface area (Å²) in [6, 6.07) is 7.01. The van der Waals surface area contributed by atoms with Gasteiger partial charge in [0.05, 0.1) is 0 Å². The quantitative estimate of drug-likeness (QED) is 0.474. The van der Waals surface area contributed by atoms with Crippen LogP contribution in [-0.4, -0.2) is 52.7 Å². The molecule has 1 aromatic rings. The van der Waals surface area contributed by atoms with Crippen molar-refractivity contribution >= 4 is 27.0 Å². The molecule has 1 N–H and O–H groups in total. The molecule has 0 saturated heterocycles. The van der Waals surface area contributed by atoms with Gasteiger partial charge in [0.15, 0.2) is 0 Å². The van der Waals surface area contributed by atoms with Crippen LogP contribution in [0.2, 0.25) is 0 Å². The number of anilines is 1. The number of hydrogen-bond donors (Lipinski definition) is 1.